The number of methoxy groups -OCH3 is 1. The molecule has 0 aliphatic heterocycles. The van der Waals surface area contributed by atoms with E-state index in [0.29, 0.717) is 31.3 Å². The second-order valence-corrected chi connectivity index (χ2v) is 3.26. The van der Waals surface area contributed by atoms with Gasteiger partial charge in [-0.25, -0.2) is 4.79 Å². The van der Waals surface area contributed by atoms with Gasteiger partial charge >= 0.3 is 5.97 Å². The molecule has 1 aromatic rings. The molecular formula is C12H17NO4. The summed E-state index contributed by atoms with van der Waals surface area (Å²) in [6.07, 6.45) is 0. The van der Waals surface area contributed by atoms with E-state index in [-0.39, 0.29) is 5.56 Å². The van der Waals surface area contributed by atoms with Crippen molar-refractivity contribution in [3.8, 4) is 5.75 Å². The molecule has 0 aliphatic carbocycles. The van der Waals surface area contributed by atoms with Crippen LogP contribution in [0.15, 0.2) is 18.2 Å². The highest BCUT2D eigenvalue weighted by molar-refractivity contribution is 5.98. The Labute approximate surface area is 100 Å². The summed E-state index contributed by atoms with van der Waals surface area (Å²) in [6, 6.07) is 5.02. The van der Waals surface area contributed by atoms with E-state index < -0.39 is 5.97 Å². The molecule has 17 heavy (non-hydrogen) atoms. The second kappa shape index (κ2) is 6.75. The van der Waals surface area contributed by atoms with Gasteiger partial charge in [0.15, 0.2) is 0 Å². The summed E-state index contributed by atoms with van der Waals surface area (Å²) in [7, 11) is 1.30. The minimum atomic E-state index is -0.505. The smallest absolute Gasteiger partial charge is 0.343 e. The zero-order chi connectivity index (χ0) is 12.7. The molecule has 1 rings (SSSR count). The third-order valence-electron chi connectivity index (χ3n) is 2.14. The molecule has 0 unspecified atom stereocenters. The van der Waals surface area contributed by atoms with Crippen LogP contribution in [-0.2, 0) is 9.47 Å². The zero-order valence-electron chi connectivity index (χ0n) is 10.1. The monoisotopic (exact) mass is 239 g/mol. The van der Waals surface area contributed by atoms with Gasteiger partial charge in [-0.3, -0.25) is 0 Å². The summed E-state index contributed by atoms with van der Waals surface area (Å²) in [5.41, 5.74) is 6.31. The molecule has 0 atom stereocenters. The van der Waals surface area contributed by atoms with Gasteiger partial charge in [-0.1, -0.05) is 6.07 Å². The maximum absolute atomic E-state index is 11.5. The fourth-order valence-electron chi connectivity index (χ4n) is 1.34. The van der Waals surface area contributed by atoms with E-state index >= 15 is 0 Å². The van der Waals surface area contributed by atoms with Gasteiger partial charge in [0.25, 0.3) is 0 Å². The van der Waals surface area contributed by atoms with Crippen molar-refractivity contribution in [1.82, 2.24) is 0 Å². The molecular weight excluding hydrogens is 222 g/mol. The summed E-state index contributed by atoms with van der Waals surface area (Å²) in [5, 5.41) is 0. The third-order valence-corrected chi connectivity index (χ3v) is 2.14. The minimum Gasteiger partial charge on any atom is -0.490 e. The van der Waals surface area contributed by atoms with Crippen molar-refractivity contribution in [3.05, 3.63) is 23.8 Å². The van der Waals surface area contributed by atoms with Crippen molar-refractivity contribution in [2.45, 2.75) is 6.92 Å². The number of rotatable bonds is 6. The highest BCUT2D eigenvalue weighted by Crippen LogP contribution is 2.25. The zero-order valence-corrected chi connectivity index (χ0v) is 10.1. The summed E-state index contributed by atoms with van der Waals surface area (Å²) >= 11 is 0. The van der Waals surface area contributed by atoms with Gasteiger partial charge in [0.05, 0.1) is 13.7 Å². The fraction of sp³-hybridized carbons (Fsp3) is 0.417. The molecule has 5 heteroatoms. The molecule has 1 aromatic carbocycles. The number of hydrogen-bond donors (Lipinski definition) is 1. The van der Waals surface area contributed by atoms with E-state index in [1.54, 1.807) is 18.2 Å². The molecule has 0 amide bonds. The number of nitrogen functional groups attached to an aromatic ring is 1. The molecule has 0 saturated heterocycles. The predicted octanol–water partition coefficient (Wildman–Crippen LogP) is 1.47. The predicted molar refractivity (Wildman–Crippen MR) is 64.2 cm³/mol. The number of benzene rings is 1. The van der Waals surface area contributed by atoms with Crippen molar-refractivity contribution in [1.29, 1.82) is 0 Å². The first-order valence-electron chi connectivity index (χ1n) is 5.38. The average Bonchev–Trinajstić information content (AvgIpc) is 2.34. The third kappa shape index (κ3) is 3.64. The Balaban J connectivity index is 2.76. The van der Waals surface area contributed by atoms with Gasteiger partial charge in [-0.15, -0.1) is 0 Å². The molecule has 0 saturated carbocycles. The Kier molecular flexibility index (Phi) is 5.29. The molecule has 0 spiro atoms. The van der Waals surface area contributed by atoms with E-state index in [9.17, 15) is 4.79 Å². The maximum Gasteiger partial charge on any atom is 0.343 e. The lowest BCUT2D eigenvalue weighted by Gasteiger charge is -2.11. The van der Waals surface area contributed by atoms with Crippen molar-refractivity contribution in [3.63, 3.8) is 0 Å². The Morgan fingerprint density at radius 2 is 2.12 bits per heavy atom. The Morgan fingerprint density at radius 1 is 1.35 bits per heavy atom. The second-order valence-electron chi connectivity index (χ2n) is 3.26. The first-order valence-corrected chi connectivity index (χ1v) is 5.38. The first kappa shape index (κ1) is 13.3. The quantitative estimate of drug-likeness (QED) is 0.462. The molecule has 0 radical (unpaired) electrons. The van der Waals surface area contributed by atoms with Gasteiger partial charge in [0.2, 0.25) is 0 Å². The molecule has 2 N–H and O–H groups in total. The van der Waals surface area contributed by atoms with Crippen LogP contribution in [0.3, 0.4) is 0 Å². The molecule has 0 fully saturated rings. The molecule has 0 aromatic heterocycles. The summed E-state index contributed by atoms with van der Waals surface area (Å²) < 4.78 is 15.2. The molecule has 0 aliphatic rings. The van der Waals surface area contributed by atoms with E-state index in [4.69, 9.17) is 15.2 Å². The number of anilines is 1. The van der Waals surface area contributed by atoms with Crippen molar-refractivity contribution in [2.24, 2.45) is 0 Å². The lowest BCUT2D eigenvalue weighted by molar-refractivity contribution is 0.0593. The lowest BCUT2D eigenvalue weighted by Crippen LogP contribution is -2.12. The van der Waals surface area contributed by atoms with Crippen LogP contribution in [0, 0.1) is 0 Å². The van der Waals surface area contributed by atoms with Crippen molar-refractivity contribution in [2.75, 3.05) is 32.7 Å². The number of esters is 1. The Bertz CT molecular complexity index is 379. The van der Waals surface area contributed by atoms with E-state index in [2.05, 4.69) is 4.74 Å². The van der Waals surface area contributed by atoms with Gasteiger partial charge in [0, 0.05) is 12.3 Å². The van der Waals surface area contributed by atoms with E-state index in [1.165, 1.54) is 7.11 Å². The summed E-state index contributed by atoms with van der Waals surface area (Å²) in [6.45, 7) is 3.36. The fourth-order valence-corrected chi connectivity index (χ4v) is 1.34. The van der Waals surface area contributed by atoms with Crippen LogP contribution >= 0.6 is 0 Å². The van der Waals surface area contributed by atoms with Crippen LogP contribution < -0.4 is 10.5 Å². The summed E-state index contributed by atoms with van der Waals surface area (Å²) in [5.74, 6) is -0.0916. The van der Waals surface area contributed by atoms with E-state index in [0.717, 1.165) is 0 Å². The largest absolute Gasteiger partial charge is 0.490 e. The number of nitrogens with two attached hydrogens (primary N) is 1. The van der Waals surface area contributed by atoms with Gasteiger partial charge in [0.1, 0.15) is 17.9 Å². The minimum absolute atomic E-state index is 0.256. The molecule has 0 heterocycles. The highest BCUT2D eigenvalue weighted by Gasteiger charge is 2.16. The van der Waals surface area contributed by atoms with E-state index in [1.807, 2.05) is 6.92 Å². The van der Waals surface area contributed by atoms with Crippen LogP contribution in [0.2, 0.25) is 0 Å². The molecule has 5 nitrogen and oxygen atoms in total. The number of hydrogen-bond acceptors (Lipinski definition) is 5. The van der Waals surface area contributed by atoms with Crippen molar-refractivity contribution >= 4 is 11.7 Å². The SMILES string of the molecule is CCOCCOc1cccc(N)c1C(=O)OC. The number of carbonyl (C=O) groups is 1. The molecule has 0 bridgehead atoms. The standard InChI is InChI=1S/C12H17NO4/c1-3-16-7-8-17-10-6-4-5-9(13)11(10)12(14)15-2/h4-6H,3,7-8,13H2,1-2H3. The topological polar surface area (TPSA) is 70.8 Å². The van der Waals surface area contributed by atoms with Crippen molar-refractivity contribution < 1.29 is 19.0 Å². The first-order chi connectivity index (χ1) is 8.20. The summed E-state index contributed by atoms with van der Waals surface area (Å²) in [4.78, 5) is 11.5. The average molecular weight is 239 g/mol. The lowest BCUT2D eigenvalue weighted by atomic mass is 10.1. The highest BCUT2D eigenvalue weighted by atomic mass is 16.5. The van der Waals surface area contributed by atoms with Crippen LogP contribution in [0.4, 0.5) is 5.69 Å². The van der Waals surface area contributed by atoms with Gasteiger partial charge in [-0.2, -0.15) is 0 Å². The number of carbonyl (C=O) groups excluding carboxylic acids is 1. The Morgan fingerprint density at radius 3 is 2.76 bits per heavy atom. The maximum atomic E-state index is 11.5. The Hall–Kier alpha value is -1.75. The normalized spacial score (nSPS) is 10.0. The molecule has 94 valence electrons. The van der Waals surface area contributed by atoms with Crippen LogP contribution in [0.25, 0.3) is 0 Å². The van der Waals surface area contributed by atoms with Gasteiger partial charge in [-0.05, 0) is 19.1 Å². The van der Waals surface area contributed by atoms with Crippen LogP contribution in [0.5, 0.6) is 5.75 Å². The van der Waals surface area contributed by atoms with Crippen LogP contribution in [0.1, 0.15) is 17.3 Å². The van der Waals surface area contributed by atoms with Gasteiger partial charge < -0.3 is 19.9 Å². The number of ether oxygens (including phenoxy) is 3. The van der Waals surface area contributed by atoms with Crippen LogP contribution in [-0.4, -0.2) is 32.9 Å².